The molecule has 0 saturated carbocycles. The first-order chi connectivity index (χ1) is 6.27. The van der Waals surface area contributed by atoms with Crippen molar-refractivity contribution < 1.29 is 0 Å². The summed E-state index contributed by atoms with van der Waals surface area (Å²) in [4.78, 5) is 2.64. The molecule has 2 aliphatic heterocycles. The average molecular weight is 182 g/mol. The highest BCUT2D eigenvalue weighted by Crippen LogP contribution is 2.27. The minimum atomic E-state index is 0.742. The number of hydrogen-bond acceptors (Lipinski definition) is 2. The maximum atomic E-state index is 3.52. The molecular weight excluding hydrogens is 160 g/mol. The van der Waals surface area contributed by atoms with Crippen LogP contribution in [0.4, 0.5) is 0 Å². The highest BCUT2D eigenvalue weighted by atomic mass is 15.1. The van der Waals surface area contributed by atoms with Crippen molar-refractivity contribution in [3.8, 4) is 0 Å². The maximum absolute atomic E-state index is 3.52. The molecular formula is C11H22N2. The molecule has 0 spiro atoms. The van der Waals surface area contributed by atoms with Crippen LogP contribution in [0.5, 0.6) is 0 Å². The normalized spacial score (nSPS) is 36.2. The summed E-state index contributed by atoms with van der Waals surface area (Å²) in [5.41, 5.74) is 0. The second-order valence-electron chi connectivity index (χ2n) is 4.89. The topological polar surface area (TPSA) is 15.3 Å². The zero-order valence-electron chi connectivity index (χ0n) is 8.92. The molecule has 2 heteroatoms. The van der Waals surface area contributed by atoms with E-state index in [2.05, 4.69) is 24.1 Å². The van der Waals surface area contributed by atoms with Crippen molar-refractivity contribution in [3.63, 3.8) is 0 Å². The van der Waals surface area contributed by atoms with E-state index < -0.39 is 0 Å². The Kier molecular flexibility index (Phi) is 2.89. The Morgan fingerprint density at radius 2 is 1.62 bits per heavy atom. The van der Waals surface area contributed by atoms with Crippen LogP contribution in [0.2, 0.25) is 0 Å². The van der Waals surface area contributed by atoms with Crippen molar-refractivity contribution in [2.45, 2.75) is 32.7 Å². The van der Waals surface area contributed by atoms with E-state index in [0.29, 0.717) is 0 Å². The summed E-state index contributed by atoms with van der Waals surface area (Å²) >= 11 is 0. The number of rotatable bonds is 1. The summed E-state index contributed by atoms with van der Waals surface area (Å²) in [5.74, 6) is 1.95. The largest absolute Gasteiger partial charge is 0.316 e. The van der Waals surface area contributed by atoms with E-state index in [1.165, 1.54) is 39.0 Å². The number of hydrogen-bond donors (Lipinski definition) is 1. The number of nitrogens with zero attached hydrogens (tertiary/aromatic N) is 1. The summed E-state index contributed by atoms with van der Waals surface area (Å²) in [6.45, 7) is 9.83. The molecule has 2 aliphatic rings. The molecule has 0 aliphatic carbocycles. The highest BCUT2D eigenvalue weighted by molar-refractivity contribution is 4.85. The molecule has 0 amide bonds. The van der Waals surface area contributed by atoms with Gasteiger partial charge in [0.25, 0.3) is 0 Å². The van der Waals surface area contributed by atoms with E-state index in [-0.39, 0.29) is 0 Å². The van der Waals surface area contributed by atoms with Gasteiger partial charge >= 0.3 is 0 Å². The van der Waals surface area contributed by atoms with Crippen molar-refractivity contribution in [2.75, 3.05) is 26.2 Å². The van der Waals surface area contributed by atoms with Crippen molar-refractivity contribution in [1.29, 1.82) is 0 Å². The van der Waals surface area contributed by atoms with E-state index in [4.69, 9.17) is 0 Å². The highest BCUT2D eigenvalue weighted by Gasteiger charge is 2.30. The Labute approximate surface area is 81.7 Å². The number of fused-ring (bicyclic) bond motifs is 1. The van der Waals surface area contributed by atoms with Crippen LogP contribution in [0, 0.1) is 11.8 Å². The van der Waals surface area contributed by atoms with Gasteiger partial charge in [-0.25, -0.2) is 0 Å². The molecule has 2 saturated heterocycles. The lowest BCUT2D eigenvalue weighted by atomic mass is 9.92. The zero-order valence-corrected chi connectivity index (χ0v) is 8.92. The van der Waals surface area contributed by atoms with Gasteiger partial charge in [0.15, 0.2) is 0 Å². The zero-order chi connectivity index (χ0) is 9.26. The molecule has 0 aromatic rings. The Morgan fingerprint density at radius 3 is 2.08 bits per heavy atom. The molecule has 0 aromatic heterocycles. The average Bonchev–Trinajstić information content (AvgIpc) is 2.44. The van der Waals surface area contributed by atoms with Crippen molar-refractivity contribution in [3.05, 3.63) is 0 Å². The van der Waals surface area contributed by atoms with Gasteiger partial charge in [-0.2, -0.15) is 0 Å². The Hall–Kier alpha value is -0.0800. The summed E-state index contributed by atoms with van der Waals surface area (Å²) < 4.78 is 0. The van der Waals surface area contributed by atoms with Gasteiger partial charge < -0.3 is 10.2 Å². The monoisotopic (exact) mass is 182 g/mol. The molecule has 2 fully saturated rings. The van der Waals surface area contributed by atoms with Crippen LogP contribution in [0.3, 0.4) is 0 Å². The summed E-state index contributed by atoms with van der Waals surface area (Å²) in [6.07, 6.45) is 2.83. The quantitative estimate of drug-likeness (QED) is 0.658. The van der Waals surface area contributed by atoms with Gasteiger partial charge in [-0.1, -0.05) is 0 Å². The fraction of sp³-hybridized carbons (Fsp3) is 1.00. The molecule has 2 heterocycles. The van der Waals surface area contributed by atoms with E-state index >= 15 is 0 Å². The van der Waals surface area contributed by atoms with Crippen LogP contribution in [-0.4, -0.2) is 37.1 Å². The van der Waals surface area contributed by atoms with E-state index in [1.807, 2.05) is 0 Å². The van der Waals surface area contributed by atoms with Crippen LogP contribution in [0.1, 0.15) is 26.7 Å². The third-order valence-corrected chi connectivity index (χ3v) is 3.78. The molecule has 0 bridgehead atoms. The lowest BCUT2D eigenvalue weighted by molar-refractivity contribution is 0.225. The van der Waals surface area contributed by atoms with Crippen molar-refractivity contribution in [1.82, 2.24) is 10.2 Å². The number of likely N-dealkylation sites (tertiary alicyclic amines) is 1. The van der Waals surface area contributed by atoms with Gasteiger partial charge in [-0.05, 0) is 64.7 Å². The molecule has 1 N–H and O–H groups in total. The Balaban J connectivity index is 1.91. The Bertz CT molecular complexity index is 153. The maximum Gasteiger partial charge on any atom is 0.00385 e. The lowest BCUT2D eigenvalue weighted by Crippen LogP contribution is -2.32. The fourth-order valence-corrected chi connectivity index (χ4v) is 2.75. The smallest absolute Gasteiger partial charge is 0.00385 e. The standard InChI is InChI=1S/C11H22N2/c1-9(2)13-5-3-10-7-12-8-11(10)4-6-13/h9-12H,3-8H2,1-2H3. The van der Waals surface area contributed by atoms with Gasteiger partial charge in [0.05, 0.1) is 0 Å². The first-order valence-corrected chi connectivity index (χ1v) is 5.72. The second kappa shape index (κ2) is 3.97. The van der Waals surface area contributed by atoms with E-state index in [0.717, 1.165) is 17.9 Å². The predicted molar refractivity (Wildman–Crippen MR) is 55.8 cm³/mol. The minimum Gasteiger partial charge on any atom is -0.316 e. The van der Waals surface area contributed by atoms with Crippen molar-refractivity contribution in [2.24, 2.45) is 11.8 Å². The van der Waals surface area contributed by atoms with Crippen LogP contribution < -0.4 is 5.32 Å². The van der Waals surface area contributed by atoms with E-state index in [9.17, 15) is 0 Å². The molecule has 13 heavy (non-hydrogen) atoms. The van der Waals surface area contributed by atoms with Crippen LogP contribution in [-0.2, 0) is 0 Å². The third kappa shape index (κ3) is 2.05. The molecule has 2 nitrogen and oxygen atoms in total. The number of nitrogens with one attached hydrogen (secondary N) is 1. The predicted octanol–water partition coefficient (Wildman–Crippen LogP) is 1.33. The third-order valence-electron chi connectivity index (χ3n) is 3.78. The molecule has 2 atom stereocenters. The van der Waals surface area contributed by atoms with Crippen molar-refractivity contribution >= 4 is 0 Å². The van der Waals surface area contributed by atoms with Gasteiger partial charge in [0.1, 0.15) is 0 Å². The summed E-state index contributed by atoms with van der Waals surface area (Å²) in [7, 11) is 0. The van der Waals surface area contributed by atoms with Gasteiger partial charge in [-0.3, -0.25) is 0 Å². The van der Waals surface area contributed by atoms with Gasteiger partial charge in [0.2, 0.25) is 0 Å². The molecule has 0 aromatic carbocycles. The first kappa shape index (κ1) is 9.47. The fourth-order valence-electron chi connectivity index (χ4n) is 2.75. The molecule has 76 valence electrons. The molecule has 2 unspecified atom stereocenters. The van der Waals surface area contributed by atoms with E-state index in [1.54, 1.807) is 0 Å². The SMILES string of the molecule is CC(C)N1CCC2CNCC2CC1. The second-order valence-corrected chi connectivity index (χ2v) is 4.89. The Morgan fingerprint density at radius 1 is 1.08 bits per heavy atom. The lowest BCUT2D eigenvalue weighted by Gasteiger charge is -2.24. The molecule has 2 rings (SSSR count). The van der Waals surface area contributed by atoms with Gasteiger partial charge in [-0.15, -0.1) is 0 Å². The molecule has 0 radical (unpaired) electrons. The summed E-state index contributed by atoms with van der Waals surface area (Å²) in [5, 5.41) is 3.52. The van der Waals surface area contributed by atoms with Gasteiger partial charge in [0, 0.05) is 6.04 Å². The van der Waals surface area contributed by atoms with Crippen LogP contribution in [0.15, 0.2) is 0 Å². The first-order valence-electron chi connectivity index (χ1n) is 5.72. The van der Waals surface area contributed by atoms with Crippen LogP contribution >= 0.6 is 0 Å². The summed E-state index contributed by atoms with van der Waals surface area (Å²) in [6, 6.07) is 0.742. The van der Waals surface area contributed by atoms with Crippen LogP contribution in [0.25, 0.3) is 0 Å². The minimum absolute atomic E-state index is 0.742.